The molecule has 1 heterocycles. The van der Waals surface area contributed by atoms with E-state index in [2.05, 4.69) is 29.2 Å². The molecule has 27 heavy (non-hydrogen) atoms. The first-order chi connectivity index (χ1) is 13.3. The van der Waals surface area contributed by atoms with E-state index in [9.17, 15) is 5.11 Å². The standard InChI is InChI=1S/C24H31NO2/c26-24-20(13-16-25-14-5-2-6-15-25)9-10-21-17-22(11-12-23(21)24)27-18-19-7-3-1-4-8-19/h1,3-4,7-8,11-12,17,20,24,26H,2,5-6,9-10,13-16,18H2/t20-,24-/m0/s1. The fourth-order valence-electron chi connectivity index (χ4n) is 4.50. The second kappa shape index (κ2) is 8.90. The molecule has 144 valence electrons. The summed E-state index contributed by atoms with van der Waals surface area (Å²) in [6.07, 6.45) is 6.94. The first-order valence-corrected chi connectivity index (χ1v) is 10.5. The molecule has 0 amide bonds. The van der Waals surface area contributed by atoms with Crippen LogP contribution in [0.4, 0.5) is 0 Å². The van der Waals surface area contributed by atoms with Crippen molar-refractivity contribution in [2.24, 2.45) is 5.92 Å². The Balaban J connectivity index is 1.34. The number of fused-ring (bicyclic) bond motifs is 1. The predicted octanol–water partition coefficient (Wildman–Crippen LogP) is 4.74. The van der Waals surface area contributed by atoms with Gasteiger partial charge in [-0.2, -0.15) is 0 Å². The monoisotopic (exact) mass is 365 g/mol. The van der Waals surface area contributed by atoms with Crippen LogP contribution in [0.1, 0.15) is 54.9 Å². The van der Waals surface area contributed by atoms with Crippen molar-refractivity contribution < 1.29 is 9.84 Å². The molecule has 0 bridgehead atoms. The highest BCUT2D eigenvalue weighted by atomic mass is 16.5. The van der Waals surface area contributed by atoms with Gasteiger partial charge in [0.15, 0.2) is 0 Å². The minimum Gasteiger partial charge on any atom is -0.489 e. The van der Waals surface area contributed by atoms with E-state index in [1.165, 1.54) is 43.5 Å². The third kappa shape index (κ3) is 4.72. The molecule has 2 aromatic rings. The third-order valence-electron chi connectivity index (χ3n) is 6.18. The summed E-state index contributed by atoms with van der Waals surface area (Å²) in [7, 11) is 0. The predicted molar refractivity (Wildman–Crippen MR) is 109 cm³/mol. The number of aryl methyl sites for hydroxylation is 1. The normalized spacial score (nSPS) is 23.0. The second-order valence-electron chi connectivity index (χ2n) is 8.07. The largest absolute Gasteiger partial charge is 0.489 e. The molecule has 0 aromatic heterocycles. The fraction of sp³-hybridized carbons (Fsp3) is 0.500. The quantitative estimate of drug-likeness (QED) is 0.803. The summed E-state index contributed by atoms with van der Waals surface area (Å²) in [5, 5.41) is 10.9. The number of hydrogen-bond donors (Lipinski definition) is 1. The number of nitrogens with zero attached hydrogens (tertiary/aromatic N) is 1. The first-order valence-electron chi connectivity index (χ1n) is 10.5. The van der Waals surface area contributed by atoms with Crippen LogP contribution < -0.4 is 4.74 Å². The molecule has 1 aliphatic heterocycles. The zero-order valence-electron chi connectivity index (χ0n) is 16.1. The van der Waals surface area contributed by atoms with Crippen molar-refractivity contribution in [2.45, 2.75) is 51.2 Å². The van der Waals surface area contributed by atoms with Crippen molar-refractivity contribution in [1.29, 1.82) is 0 Å². The minimum absolute atomic E-state index is 0.332. The number of piperidine rings is 1. The lowest BCUT2D eigenvalue weighted by molar-refractivity contribution is 0.0779. The molecule has 0 saturated carbocycles. The highest BCUT2D eigenvalue weighted by Crippen LogP contribution is 2.38. The molecule has 0 spiro atoms. The van der Waals surface area contributed by atoms with Gasteiger partial charge in [-0.3, -0.25) is 0 Å². The lowest BCUT2D eigenvalue weighted by Gasteiger charge is -2.33. The van der Waals surface area contributed by atoms with Crippen LogP contribution in [-0.2, 0) is 13.0 Å². The van der Waals surface area contributed by atoms with Crippen molar-refractivity contribution in [3.8, 4) is 5.75 Å². The van der Waals surface area contributed by atoms with Crippen molar-refractivity contribution in [3.05, 3.63) is 65.2 Å². The highest BCUT2D eigenvalue weighted by Gasteiger charge is 2.28. The van der Waals surface area contributed by atoms with Crippen molar-refractivity contribution in [1.82, 2.24) is 4.90 Å². The number of ether oxygens (including phenoxy) is 1. The van der Waals surface area contributed by atoms with E-state index >= 15 is 0 Å². The molecule has 2 aromatic carbocycles. The molecule has 2 atom stereocenters. The molecule has 1 N–H and O–H groups in total. The highest BCUT2D eigenvalue weighted by molar-refractivity contribution is 5.39. The Hall–Kier alpha value is -1.84. The molecule has 3 nitrogen and oxygen atoms in total. The maximum Gasteiger partial charge on any atom is 0.120 e. The minimum atomic E-state index is -0.332. The van der Waals surface area contributed by atoms with Gasteiger partial charge in [0, 0.05) is 0 Å². The fourth-order valence-corrected chi connectivity index (χ4v) is 4.50. The summed E-state index contributed by atoms with van der Waals surface area (Å²) < 4.78 is 5.96. The Bertz CT molecular complexity index is 724. The molecule has 1 fully saturated rings. The number of benzene rings is 2. The van der Waals surface area contributed by atoms with Gasteiger partial charge < -0.3 is 14.7 Å². The Morgan fingerprint density at radius 1 is 1.00 bits per heavy atom. The average Bonchev–Trinajstić information content (AvgIpc) is 2.73. The van der Waals surface area contributed by atoms with Crippen LogP contribution in [0.15, 0.2) is 48.5 Å². The van der Waals surface area contributed by atoms with Crippen LogP contribution in [0.25, 0.3) is 0 Å². The zero-order valence-corrected chi connectivity index (χ0v) is 16.1. The molecular weight excluding hydrogens is 334 g/mol. The maximum absolute atomic E-state index is 10.9. The van der Waals surface area contributed by atoms with Gasteiger partial charge in [-0.15, -0.1) is 0 Å². The van der Waals surface area contributed by atoms with Crippen LogP contribution in [-0.4, -0.2) is 29.6 Å². The van der Waals surface area contributed by atoms with E-state index in [1.54, 1.807) is 0 Å². The van der Waals surface area contributed by atoms with Crippen molar-refractivity contribution in [2.75, 3.05) is 19.6 Å². The van der Waals surface area contributed by atoms with Gasteiger partial charge >= 0.3 is 0 Å². The van der Waals surface area contributed by atoms with E-state index in [0.29, 0.717) is 12.5 Å². The van der Waals surface area contributed by atoms with E-state index in [0.717, 1.165) is 37.1 Å². The van der Waals surface area contributed by atoms with Gasteiger partial charge in [0.2, 0.25) is 0 Å². The lowest BCUT2D eigenvalue weighted by Crippen LogP contribution is -2.33. The molecule has 1 saturated heterocycles. The van der Waals surface area contributed by atoms with Crippen molar-refractivity contribution in [3.63, 3.8) is 0 Å². The Morgan fingerprint density at radius 3 is 2.63 bits per heavy atom. The van der Waals surface area contributed by atoms with Gasteiger partial charge in [-0.1, -0.05) is 42.8 Å². The average molecular weight is 366 g/mol. The van der Waals surface area contributed by atoms with Gasteiger partial charge in [0.05, 0.1) is 6.10 Å². The molecule has 1 aliphatic carbocycles. The third-order valence-corrected chi connectivity index (χ3v) is 6.18. The summed E-state index contributed by atoms with van der Waals surface area (Å²) in [5.74, 6) is 1.28. The number of likely N-dealkylation sites (tertiary alicyclic amines) is 1. The van der Waals surface area contributed by atoms with Crippen LogP contribution in [0.5, 0.6) is 5.75 Å². The lowest BCUT2D eigenvalue weighted by atomic mass is 9.79. The number of aliphatic hydroxyl groups excluding tert-OH is 1. The Morgan fingerprint density at radius 2 is 1.81 bits per heavy atom. The molecule has 0 radical (unpaired) electrons. The molecule has 4 rings (SSSR count). The summed E-state index contributed by atoms with van der Waals surface area (Å²) in [6, 6.07) is 16.5. The number of rotatable bonds is 6. The zero-order chi connectivity index (χ0) is 18.5. The van der Waals surface area contributed by atoms with Crippen LogP contribution >= 0.6 is 0 Å². The molecule has 0 unspecified atom stereocenters. The van der Waals surface area contributed by atoms with E-state index < -0.39 is 0 Å². The molecule has 2 aliphatic rings. The maximum atomic E-state index is 10.9. The van der Waals surface area contributed by atoms with Crippen LogP contribution in [0.2, 0.25) is 0 Å². The summed E-state index contributed by atoms with van der Waals surface area (Å²) in [4.78, 5) is 2.58. The summed E-state index contributed by atoms with van der Waals surface area (Å²) >= 11 is 0. The molecule has 3 heteroatoms. The van der Waals surface area contributed by atoms with E-state index in [1.807, 2.05) is 24.3 Å². The van der Waals surface area contributed by atoms with Gasteiger partial charge in [0.25, 0.3) is 0 Å². The topological polar surface area (TPSA) is 32.7 Å². The van der Waals surface area contributed by atoms with E-state index in [4.69, 9.17) is 4.74 Å². The molecular formula is C24H31NO2. The first kappa shape index (κ1) is 18.5. The van der Waals surface area contributed by atoms with E-state index in [-0.39, 0.29) is 6.10 Å². The summed E-state index contributed by atoms with van der Waals surface area (Å²) in [5.41, 5.74) is 3.53. The Kier molecular flexibility index (Phi) is 6.10. The van der Waals surface area contributed by atoms with Crippen molar-refractivity contribution >= 4 is 0 Å². The smallest absolute Gasteiger partial charge is 0.120 e. The second-order valence-corrected chi connectivity index (χ2v) is 8.07. The van der Waals surface area contributed by atoms with Crippen LogP contribution in [0.3, 0.4) is 0 Å². The number of hydrogen-bond acceptors (Lipinski definition) is 3. The van der Waals surface area contributed by atoms with Gasteiger partial charge in [-0.25, -0.2) is 0 Å². The summed E-state index contributed by atoms with van der Waals surface area (Å²) in [6.45, 7) is 4.19. The van der Waals surface area contributed by atoms with Gasteiger partial charge in [0.1, 0.15) is 12.4 Å². The Labute approximate surface area is 163 Å². The SMILES string of the molecule is O[C@@H]1c2ccc(OCc3ccccc3)cc2CC[C@H]1CCN1CCCCC1. The van der Waals surface area contributed by atoms with Gasteiger partial charge in [-0.05, 0) is 86.5 Å². The van der Waals surface area contributed by atoms with Crippen LogP contribution in [0, 0.1) is 5.92 Å². The number of aliphatic hydroxyl groups is 1.